The first-order valence-corrected chi connectivity index (χ1v) is 11.5. The van der Waals surface area contributed by atoms with Crippen molar-refractivity contribution in [1.29, 1.82) is 0 Å². The normalized spacial score (nSPS) is 16.0. The molecule has 2 aromatic rings. The molecule has 0 aromatic carbocycles. The van der Waals surface area contributed by atoms with E-state index in [0.29, 0.717) is 22.0 Å². The van der Waals surface area contributed by atoms with Gasteiger partial charge in [-0.2, -0.15) is 0 Å². The van der Waals surface area contributed by atoms with Crippen molar-refractivity contribution in [2.45, 2.75) is 47.0 Å². The summed E-state index contributed by atoms with van der Waals surface area (Å²) in [5.74, 6) is -0.837. The number of fused-ring (bicyclic) bond motifs is 1. The molecular formula is C22H27NO5S2. The molecule has 2 aromatic heterocycles. The fourth-order valence-corrected chi connectivity index (χ4v) is 6.12. The van der Waals surface area contributed by atoms with Crippen LogP contribution in [0.2, 0.25) is 0 Å². The maximum atomic E-state index is 13.1. The Kier molecular flexibility index (Phi) is 6.38. The van der Waals surface area contributed by atoms with E-state index in [0.717, 1.165) is 36.2 Å². The summed E-state index contributed by atoms with van der Waals surface area (Å²) in [5, 5.41) is 5.03. The maximum absolute atomic E-state index is 13.1. The summed E-state index contributed by atoms with van der Waals surface area (Å²) < 4.78 is 9.65. The van der Waals surface area contributed by atoms with Crippen LogP contribution < -0.4 is 5.32 Å². The second-order valence-corrected chi connectivity index (χ2v) is 10.5. The number of hydrogen-bond donors (Lipinski definition) is 1. The van der Waals surface area contributed by atoms with E-state index < -0.39 is 11.9 Å². The summed E-state index contributed by atoms with van der Waals surface area (Å²) in [5.41, 5.74) is 2.60. The van der Waals surface area contributed by atoms with Crippen molar-refractivity contribution in [2.75, 3.05) is 19.5 Å². The fraction of sp³-hybridized carbons (Fsp3) is 0.500. The van der Waals surface area contributed by atoms with E-state index in [1.807, 2.05) is 5.38 Å². The highest BCUT2D eigenvalue weighted by Gasteiger charge is 2.32. The van der Waals surface area contributed by atoms with Crippen molar-refractivity contribution in [2.24, 2.45) is 11.3 Å². The largest absolute Gasteiger partial charge is 0.465 e. The van der Waals surface area contributed by atoms with Gasteiger partial charge in [0.1, 0.15) is 9.88 Å². The monoisotopic (exact) mass is 449 g/mol. The van der Waals surface area contributed by atoms with E-state index in [2.05, 4.69) is 26.1 Å². The lowest BCUT2D eigenvalue weighted by Crippen LogP contribution is -2.27. The summed E-state index contributed by atoms with van der Waals surface area (Å²) in [4.78, 5) is 39.0. The predicted molar refractivity (Wildman–Crippen MR) is 119 cm³/mol. The van der Waals surface area contributed by atoms with Crippen LogP contribution in [-0.2, 0) is 22.3 Å². The number of ether oxygens (including phenoxy) is 2. The lowest BCUT2D eigenvalue weighted by Gasteiger charge is -2.34. The number of amides is 1. The van der Waals surface area contributed by atoms with Crippen LogP contribution in [-0.4, -0.2) is 32.1 Å². The zero-order valence-corrected chi connectivity index (χ0v) is 19.8. The molecule has 1 unspecified atom stereocenters. The Morgan fingerprint density at radius 1 is 1.13 bits per heavy atom. The second kappa shape index (κ2) is 8.51. The Morgan fingerprint density at radius 2 is 1.80 bits per heavy atom. The van der Waals surface area contributed by atoms with Gasteiger partial charge in [0.25, 0.3) is 5.91 Å². The van der Waals surface area contributed by atoms with Crippen LogP contribution in [0.25, 0.3) is 0 Å². The Bertz CT molecular complexity index is 996. The molecule has 1 N–H and O–H groups in total. The van der Waals surface area contributed by atoms with Gasteiger partial charge >= 0.3 is 11.9 Å². The fourth-order valence-electron chi connectivity index (χ4n) is 3.85. The number of carbonyl (C=O) groups excluding carboxylic acids is 3. The van der Waals surface area contributed by atoms with Gasteiger partial charge in [-0.3, -0.25) is 4.79 Å². The number of carbonyl (C=O) groups is 3. The van der Waals surface area contributed by atoms with Gasteiger partial charge in [0.2, 0.25) is 0 Å². The summed E-state index contributed by atoms with van der Waals surface area (Å²) in [6.45, 7) is 8.42. The smallest absolute Gasteiger partial charge is 0.348 e. The lowest BCUT2D eigenvalue weighted by molar-refractivity contribution is 0.0601. The van der Waals surface area contributed by atoms with Gasteiger partial charge in [0, 0.05) is 10.3 Å². The molecule has 0 aliphatic heterocycles. The van der Waals surface area contributed by atoms with Crippen LogP contribution in [0, 0.1) is 18.3 Å². The van der Waals surface area contributed by atoms with Gasteiger partial charge in [-0.05, 0) is 48.6 Å². The zero-order valence-electron chi connectivity index (χ0n) is 18.1. The van der Waals surface area contributed by atoms with Crippen LogP contribution in [0.15, 0.2) is 5.38 Å². The van der Waals surface area contributed by atoms with Crippen molar-refractivity contribution in [3.63, 3.8) is 0 Å². The molecular weight excluding hydrogens is 422 g/mol. The average Bonchev–Trinajstić information content (AvgIpc) is 3.26. The molecule has 0 saturated heterocycles. The standard InChI is InChI=1S/C22H27NO5S2/c1-11-16(20(25)27-5)19(30-17(11)21(26)28-6)23-18(24)14-10-29-15-9-12(22(2,3)4)7-8-13(14)15/h10,12H,7-9H2,1-6H3,(H,23,24). The Morgan fingerprint density at radius 3 is 2.40 bits per heavy atom. The molecule has 0 bridgehead atoms. The third-order valence-corrected chi connectivity index (χ3v) is 8.00. The molecule has 0 saturated carbocycles. The van der Waals surface area contributed by atoms with Gasteiger partial charge in [0.05, 0.1) is 25.3 Å². The zero-order chi connectivity index (χ0) is 22.2. The highest BCUT2D eigenvalue weighted by molar-refractivity contribution is 7.18. The number of rotatable bonds is 4. The first kappa shape index (κ1) is 22.5. The average molecular weight is 450 g/mol. The molecule has 162 valence electrons. The minimum absolute atomic E-state index is 0.188. The third-order valence-electron chi connectivity index (χ3n) is 5.76. The van der Waals surface area contributed by atoms with E-state index >= 15 is 0 Å². The van der Waals surface area contributed by atoms with Crippen LogP contribution in [0.3, 0.4) is 0 Å². The predicted octanol–water partition coefficient (Wildman–Crippen LogP) is 5.09. The van der Waals surface area contributed by atoms with Gasteiger partial charge in [0.15, 0.2) is 0 Å². The highest BCUT2D eigenvalue weighted by Crippen LogP contribution is 2.41. The minimum Gasteiger partial charge on any atom is -0.465 e. The molecule has 2 heterocycles. The molecule has 30 heavy (non-hydrogen) atoms. The molecule has 6 nitrogen and oxygen atoms in total. The summed E-state index contributed by atoms with van der Waals surface area (Å²) in [7, 11) is 2.55. The number of hydrogen-bond acceptors (Lipinski definition) is 7. The Hall–Kier alpha value is -2.19. The summed E-state index contributed by atoms with van der Waals surface area (Å²) in [6, 6.07) is 0. The van der Waals surface area contributed by atoms with Crippen molar-refractivity contribution >= 4 is 45.5 Å². The molecule has 1 aliphatic rings. The topological polar surface area (TPSA) is 81.7 Å². The molecule has 1 amide bonds. The number of thiophene rings is 2. The van der Waals surface area contributed by atoms with Gasteiger partial charge < -0.3 is 14.8 Å². The Labute approximate surface area is 184 Å². The summed E-state index contributed by atoms with van der Waals surface area (Å²) in [6.07, 6.45) is 2.89. The van der Waals surface area contributed by atoms with Crippen LogP contribution in [0.4, 0.5) is 5.00 Å². The molecule has 3 rings (SSSR count). The van der Waals surface area contributed by atoms with E-state index in [1.165, 1.54) is 19.1 Å². The van der Waals surface area contributed by atoms with Crippen molar-refractivity contribution in [3.8, 4) is 0 Å². The SMILES string of the molecule is COC(=O)c1sc(NC(=O)c2csc3c2CCC(C(C)(C)C)C3)c(C(=O)OC)c1C. The number of methoxy groups -OCH3 is 2. The second-order valence-electron chi connectivity index (χ2n) is 8.55. The van der Waals surface area contributed by atoms with Gasteiger partial charge in [-0.1, -0.05) is 20.8 Å². The number of nitrogens with one attached hydrogen (secondary N) is 1. The highest BCUT2D eigenvalue weighted by atomic mass is 32.1. The number of esters is 2. The van der Waals surface area contributed by atoms with Crippen molar-refractivity contribution in [3.05, 3.63) is 37.4 Å². The van der Waals surface area contributed by atoms with Crippen LogP contribution in [0.5, 0.6) is 0 Å². The van der Waals surface area contributed by atoms with Crippen LogP contribution >= 0.6 is 22.7 Å². The van der Waals surface area contributed by atoms with Crippen LogP contribution in [0.1, 0.15) is 73.6 Å². The molecule has 1 atom stereocenters. The first-order valence-electron chi connectivity index (χ1n) is 9.79. The van der Waals surface area contributed by atoms with E-state index in [4.69, 9.17) is 9.47 Å². The Balaban J connectivity index is 1.90. The molecule has 0 spiro atoms. The van der Waals surface area contributed by atoms with E-state index in [-0.39, 0.29) is 21.8 Å². The maximum Gasteiger partial charge on any atom is 0.348 e. The quantitative estimate of drug-likeness (QED) is 0.657. The van der Waals surface area contributed by atoms with Gasteiger partial charge in [-0.15, -0.1) is 22.7 Å². The van der Waals surface area contributed by atoms with Crippen molar-refractivity contribution < 1.29 is 23.9 Å². The van der Waals surface area contributed by atoms with Gasteiger partial charge in [-0.25, -0.2) is 9.59 Å². The third kappa shape index (κ3) is 4.16. The molecule has 0 fully saturated rings. The molecule has 0 radical (unpaired) electrons. The van der Waals surface area contributed by atoms with E-state index in [1.54, 1.807) is 18.3 Å². The first-order chi connectivity index (χ1) is 14.1. The molecule has 1 aliphatic carbocycles. The number of anilines is 1. The summed E-state index contributed by atoms with van der Waals surface area (Å²) >= 11 is 2.64. The lowest BCUT2D eigenvalue weighted by atomic mass is 9.72. The van der Waals surface area contributed by atoms with E-state index in [9.17, 15) is 14.4 Å². The minimum atomic E-state index is -0.602. The van der Waals surface area contributed by atoms with Crippen molar-refractivity contribution in [1.82, 2.24) is 0 Å². The molecule has 8 heteroatoms.